The lowest BCUT2D eigenvalue weighted by atomic mass is 9.99. The van der Waals surface area contributed by atoms with E-state index >= 15 is 0 Å². The molecule has 0 bridgehead atoms. The highest BCUT2D eigenvalue weighted by Gasteiger charge is 2.13. The Morgan fingerprint density at radius 3 is 3.00 bits per heavy atom. The summed E-state index contributed by atoms with van der Waals surface area (Å²) in [6.45, 7) is 2.78. The van der Waals surface area contributed by atoms with Crippen molar-refractivity contribution in [2.24, 2.45) is 0 Å². The van der Waals surface area contributed by atoms with Gasteiger partial charge in [-0.15, -0.1) is 0 Å². The van der Waals surface area contributed by atoms with Crippen LogP contribution in [0.15, 0.2) is 36.1 Å². The maximum atomic E-state index is 11.9. The van der Waals surface area contributed by atoms with Crippen LogP contribution in [0.2, 0.25) is 0 Å². The van der Waals surface area contributed by atoms with Crippen molar-refractivity contribution in [1.29, 1.82) is 0 Å². The van der Waals surface area contributed by atoms with Crippen LogP contribution in [-0.4, -0.2) is 12.4 Å². The number of rotatable bonds is 3. The standard InChI is InChI=1S/C14H16O2/c1-11-4-2-5-12(8-11)9-14(15)13-6-3-7-16-10-13/h2,4-5,8,10H,3,6-7,9H2,1H3. The van der Waals surface area contributed by atoms with E-state index in [1.54, 1.807) is 6.26 Å². The quantitative estimate of drug-likeness (QED) is 0.776. The van der Waals surface area contributed by atoms with Crippen molar-refractivity contribution in [3.05, 3.63) is 47.2 Å². The first-order valence-corrected chi connectivity index (χ1v) is 5.65. The molecule has 1 aromatic rings. The molecule has 1 heterocycles. The third kappa shape index (κ3) is 2.72. The average molecular weight is 216 g/mol. The van der Waals surface area contributed by atoms with Crippen molar-refractivity contribution in [3.63, 3.8) is 0 Å². The summed E-state index contributed by atoms with van der Waals surface area (Å²) in [5.74, 6) is 0.185. The molecule has 1 aliphatic heterocycles. The van der Waals surface area contributed by atoms with E-state index in [4.69, 9.17) is 4.74 Å². The Morgan fingerprint density at radius 1 is 1.44 bits per heavy atom. The fourth-order valence-corrected chi connectivity index (χ4v) is 1.89. The normalized spacial score (nSPS) is 15.2. The monoisotopic (exact) mass is 216 g/mol. The first kappa shape index (κ1) is 10.9. The molecule has 2 nitrogen and oxygen atoms in total. The van der Waals surface area contributed by atoms with E-state index in [1.165, 1.54) is 5.56 Å². The highest BCUT2D eigenvalue weighted by atomic mass is 16.5. The van der Waals surface area contributed by atoms with E-state index in [0.29, 0.717) is 6.42 Å². The summed E-state index contributed by atoms with van der Waals surface area (Å²) in [7, 11) is 0. The van der Waals surface area contributed by atoms with Crippen molar-refractivity contribution >= 4 is 5.78 Å². The van der Waals surface area contributed by atoms with Crippen LogP contribution in [0.25, 0.3) is 0 Å². The maximum Gasteiger partial charge on any atom is 0.166 e. The fraction of sp³-hybridized carbons (Fsp3) is 0.357. The van der Waals surface area contributed by atoms with Crippen LogP contribution in [0.5, 0.6) is 0 Å². The smallest absolute Gasteiger partial charge is 0.166 e. The Balaban J connectivity index is 2.04. The molecule has 0 aromatic heterocycles. The van der Waals surface area contributed by atoms with E-state index in [0.717, 1.165) is 30.6 Å². The minimum Gasteiger partial charge on any atom is -0.501 e. The Kier molecular flexibility index (Phi) is 3.40. The molecule has 2 heteroatoms. The third-order valence-corrected chi connectivity index (χ3v) is 2.74. The van der Waals surface area contributed by atoms with Crippen molar-refractivity contribution in [2.75, 3.05) is 6.61 Å². The summed E-state index contributed by atoms with van der Waals surface area (Å²) < 4.78 is 5.18. The van der Waals surface area contributed by atoms with Crippen LogP contribution in [0.4, 0.5) is 0 Å². The van der Waals surface area contributed by atoms with Gasteiger partial charge in [0.25, 0.3) is 0 Å². The van der Waals surface area contributed by atoms with Crippen LogP contribution < -0.4 is 0 Å². The summed E-state index contributed by atoms with van der Waals surface area (Å²) in [5, 5.41) is 0. The predicted molar refractivity (Wildman–Crippen MR) is 63.2 cm³/mol. The molecule has 0 spiro atoms. The summed E-state index contributed by atoms with van der Waals surface area (Å²) in [6.07, 6.45) is 3.91. The third-order valence-electron chi connectivity index (χ3n) is 2.74. The van der Waals surface area contributed by atoms with Crippen LogP contribution >= 0.6 is 0 Å². The van der Waals surface area contributed by atoms with Gasteiger partial charge in [0.15, 0.2) is 5.78 Å². The molecule has 84 valence electrons. The van der Waals surface area contributed by atoms with Crippen molar-refractivity contribution < 1.29 is 9.53 Å². The van der Waals surface area contributed by atoms with E-state index in [9.17, 15) is 4.79 Å². The van der Waals surface area contributed by atoms with Gasteiger partial charge in [0.05, 0.1) is 12.9 Å². The molecule has 0 unspecified atom stereocenters. The molecule has 0 aliphatic carbocycles. The van der Waals surface area contributed by atoms with Crippen LogP contribution in [0.3, 0.4) is 0 Å². The van der Waals surface area contributed by atoms with Crippen LogP contribution in [0.1, 0.15) is 24.0 Å². The zero-order valence-corrected chi connectivity index (χ0v) is 9.53. The van der Waals surface area contributed by atoms with Crippen molar-refractivity contribution in [3.8, 4) is 0 Å². The van der Waals surface area contributed by atoms with E-state index < -0.39 is 0 Å². The van der Waals surface area contributed by atoms with Gasteiger partial charge in [-0.05, 0) is 25.3 Å². The van der Waals surface area contributed by atoms with Gasteiger partial charge < -0.3 is 4.74 Å². The fourth-order valence-electron chi connectivity index (χ4n) is 1.89. The molecule has 0 amide bonds. The van der Waals surface area contributed by atoms with Gasteiger partial charge in [-0.3, -0.25) is 4.79 Å². The zero-order chi connectivity index (χ0) is 11.4. The van der Waals surface area contributed by atoms with Gasteiger partial charge in [-0.25, -0.2) is 0 Å². The highest BCUT2D eigenvalue weighted by Crippen LogP contribution is 2.15. The Labute approximate surface area is 95.9 Å². The molecule has 16 heavy (non-hydrogen) atoms. The summed E-state index contributed by atoms with van der Waals surface area (Å²) in [5.41, 5.74) is 3.10. The first-order valence-electron chi connectivity index (χ1n) is 5.65. The number of hydrogen-bond acceptors (Lipinski definition) is 2. The molecule has 0 radical (unpaired) electrons. The van der Waals surface area contributed by atoms with Gasteiger partial charge in [0.2, 0.25) is 0 Å². The van der Waals surface area contributed by atoms with Gasteiger partial charge in [-0.1, -0.05) is 29.8 Å². The molecule has 1 aromatic carbocycles. The lowest BCUT2D eigenvalue weighted by Gasteiger charge is -2.12. The van der Waals surface area contributed by atoms with Crippen molar-refractivity contribution in [2.45, 2.75) is 26.2 Å². The number of aryl methyl sites for hydroxylation is 1. The highest BCUT2D eigenvalue weighted by molar-refractivity contribution is 5.96. The maximum absolute atomic E-state index is 11.9. The van der Waals surface area contributed by atoms with Gasteiger partial charge in [0.1, 0.15) is 0 Å². The molecule has 0 saturated heterocycles. The number of Topliss-reactive ketones (excluding diaryl/α,β-unsaturated/α-hetero) is 1. The largest absolute Gasteiger partial charge is 0.501 e. The average Bonchev–Trinajstić information content (AvgIpc) is 2.30. The second-order valence-electron chi connectivity index (χ2n) is 4.21. The molecule has 2 rings (SSSR count). The Morgan fingerprint density at radius 2 is 2.31 bits per heavy atom. The van der Waals surface area contributed by atoms with E-state index in [1.807, 2.05) is 25.1 Å². The second kappa shape index (κ2) is 4.97. The van der Waals surface area contributed by atoms with Crippen molar-refractivity contribution in [1.82, 2.24) is 0 Å². The zero-order valence-electron chi connectivity index (χ0n) is 9.53. The molecule has 0 fully saturated rings. The minimum atomic E-state index is 0.185. The molecule has 1 aliphatic rings. The molecule has 0 atom stereocenters. The lowest BCUT2D eigenvalue weighted by Crippen LogP contribution is -2.11. The summed E-state index contributed by atoms with van der Waals surface area (Å²) >= 11 is 0. The molecule has 0 N–H and O–H groups in total. The second-order valence-corrected chi connectivity index (χ2v) is 4.21. The number of hydrogen-bond donors (Lipinski definition) is 0. The number of ether oxygens (including phenoxy) is 1. The number of carbonyl (C=O) groups excluding carboxylic acids is 1. The number of allylic oxidation sites excluding steroid dienone is 1. The SMILES string of the molecule is Cc1cccc(CC(=O)C2=COCCC2)c1. The number of ketones is 1. The summed E-state index contributed by atoms with van der Waals surface area (Å²) in [4.78, 5) is 11.9. The Hall–Kier alpha value is -1.57. The molecule has 0 saturated carbocycles. The topological polar surface area (TPSA) is 26.3 Å². The summed E-state index contributed by atoms with van der Waals surface area (Å²) in [6, 6.07) is 8.08. The molecular formula is C14H16O2. The lowest BCUT2D eigenvalue weighted by molar-refractivity contribution is -0.115. The Bertz CT molecular complexity index is 418. The van der Waals surface area contributed by atoms with Gasteiger partial charge in [0, 0.05) is 12.0 Å². The van der Waals surface area contributed by atoms with Gasteiger partial charge in [-0.2, -0.15) is 0 Å². The molecular weight excluding hydrogens is 200 g/mol. The van der Waals surface area contributed by atoms with E-state index in [2.05, 4.69) is 6.07 Å². The number of carbonyl (C=O) groups is 1. The van der Waals surface area contributed by atoms with Crippen LogP contribution in [0, 0.1) is 6.92 Å². The first-order chi connectivity index (χ1) is 7.75. The number of benzene rings is 1. The van der Waals surface area contributed by atoms with E-state index in [-0.39, 0.29) is 5.78 Å². The van der Waals surface area contributed by atoms with Crippen LogP contribution in [-0.2, 0) is 16.0 Å². The minimum absolute atomic E-state index is 0.185. The predicted octanol–water partition coefficient (Wildman–Crippen LogP) is 2.80. The van der Waals surface area contributed by atoms with Gasteiger partial charge >= 0.3 is 0 Å².